The molecule has 0 saturated heterocycles. The van der Waals surface area contributed by atoms with Gasteiger partial charge in [0.05, 0.1) is 0 Å². The molecule has 0 aromatic heterocycles. The summed E-state index contributed by atoms with van der Waals surface area (Å²) in [7, 11) is -7.32. The Bertz CT molecular complexity index is 473. The molecule has 1 unspecified atom stereocenters. The Morgan fingerprint density at radius 2 is 1.27 bits per heavy atom. The van der Waals surface area contributed by atoms with Crippen molar-refractivity contribution < 1.29 is 56.9 Å². The molecule has 136 valence electrons. The summed E-state index contributed by atoms with van der Waals surface area (Å²) in [5.41, 5.74) is 0. The Morgan fingerprint density at radius 1 is 0.909 bits per heavy atom. The highest BCUT2D eigenvalue weighted by Crippen LogP contribution is 2.51. The summed E-state index contributed by atoms with van der Waals surface area (Å²) >= 11 is 0. The largest absolute Gasteiger partial charge is 0.743 e. The molecule has 4 N–H and O–H groups in total. The molecule has 0 aliphatic carbocycles. The minimum atomic E-state index is -7.32. The average molecular weight is 377 g/mol. The molecule has 0 aliphatic heterocycles. The number of rotatable bonds is 6. The van der Waals surface area contributed by atoms with Gasteiger partial charge in [-0.1, -0.05) is 0 Å². The molecule has 0 bridgehead atoms. The van der Waals surface area contributed by atoms with Gasteiger partial charge in [0.1, 0.15) is 0 Å². The van der Waals surface area contributed by atoms with Gasteiger partial charge in [0.15, 0.2) is 16.3 Å². The predicted molar refractivity (Wildman–Crippen MR) is 50.7 cm³/mol. The molecule has 1 atom stereocenters. The van der Waals surface area contributed by atoms with E-state index in [1.165, 1.54) is 0 Å². The molecular formula is C7H9F10NO3S. The highest BCUT2D eigenvalue weighted by Gasteiger charge is 2.77. The van der Waals surface area contributed by atoms with Gasteiger partial charge in [-0.15, -0.1) is 0 Å². The van der Waals surface area contributed by atoms with Gasteiger partial charge in [-0.2, -0.15) is 39.5 Å². The number of hydrogen-bond donors (Lipinski definition) is 1. The van der Waals surface area contributed by atoms with E-state index < -0.39 is 52.4 Å². The van der Waals surface area contributed by atoms with E-state index in [0.29, 0.717) is 0 Å². The third-order valence-corrected chi connectivity index (χ3v) is 3.06. The van der Waals surface area contributed by atoms with Crippen LogP contribution in [0.15, 0.2) is 0 Å². The van der Waals surface area contributed by atoms with Crippen molar-refractivity contribution in [1.82, 2.24) is 6.15 Å². The van der Waals surface area contributed by atoms with E-state index in [0.717, 1.165) is 0 Å². The molecule has 0 aliphatic rings. The van der Waals surface area contributed by atoms with Crippen LogP contribution in [0.2, 0.25) is 0 Å². The second kappa shape index (κ2) is 6.35. The normalized spacial score (nSPS) is 16.1. The van der Waals surface area contributed by atoms with E-state index in [4.69, 9.17) is 0 Å². The molecule has 0 saturated carbocycles. The van der Waals surface area contributed by atoms with Gasteiger partial charge in [0, 0.05) is 6.42 Å². The Hall–Kier alpha value is -0.830. The first-order chi connectivity index (χ1) is 8.88. The lowest BCUT2D eigenvalue weighted by Gasteiger charge is -2.35. The van der Waals surface area contributed by atoms with Crippen LogP contribution in [0.5, 0.6) is 0 Å². The van der Waals surface area contributed by atoms with E-state index in [2.05, 4.69) is 0 Å². The fourth-order valence-electron chi connectivity index (χ4n) is 1.02. The SMILES string of the molecule is O=S(=O)([O-])C(F)(F)C(F)(F)C(F)(F)C(F)CCC(F)(F)F.[NH4+]. The van der Waals surface area contributed by atoms with Gasteiger partial charge in [0.2, 0.25) is 0 Å². The minimum Gasteiger partial charge on any atom is -0.743 e. The average Bonchev–Trinajstić information content (AvgIpc) is 2.22. The molecule has 0 spiro atoms. The molecule has 0 rings (SSSR count). The summed E-state index contributed by atoms with van der Waals surface area (Å²) < 4.78 is 153. The summed E-state index contributed by atoms with van der Waals surface area (Å²) in [4.78, 5) is 0. The predicted octanol–water partition coefficient (Wildman–Crippen LogP) is 3.45. The van der Waals surface area contributed by atoms with Crippen LogP contribution in [0.3, 0.4) is 0 Å². The van der Waals surface area contributed by atoms with E-state index in [1.54, 1.807) is 0 Å². The van der Waals surface area contributed by atoms with Crippen molar-refractivity contribution in [3.05, 3.63) is 0 Å². The number of alkyl halides is 10. The zero-order valence-corrected chi connectivity index (χ0v) is 11.2. The van der Waals surface area contributed by atoms with Crippen LogP contribution in [-0.4, -0.2) is 42.4 Å². The van der Waals surface area contributed by atoms with Crippen LogP contribution >= 0.6 is 0 Å². The Balaban J connectivity index is 0. The van der Waals surface area contributed by atoms with Crippen LogP contribution in [0, 0.1) is 0 Å². The first kappa shape index (κ1) is 23.4. The molecule has 0 fully saturated rings. The lowest BCUT2D eigenvalue weighted by atomic mass is 10.0. The van der Waals surface area contributed by atoms with Gasteiger partial charge in [-0.05, 0) is 6.42 Å². The maximum Gasteiger partial charge on any atom is 0.402 e. The summed E-state index contributed by atoms with van der Waals surface area (Å²) in [5.74, 6) is -13.6. The maximum atomic E-state index is 12.8. The van der Waals surface area contributed by atoms with Crippen molar-refractivity contribution in [2.24, 2.45) is 0 Å². The fraction of sp³-hybridized carbons (Fsp3) is 1.00. The third-order valence-electron chi connectivity index (χ3n) is 2.17. The highest BCUT2D eigenvalue weighted by atomic mass is 32.2. The topological polar surface area (TPSA) is 93.7 Å². The maximum absolute atomic E-state index is 12.8. The highest BCUT2D eigenvalue weighted by molar-refractivity contribution is 7.86. The fourth-order valence-corrected chi connectivity index (χ4v) is 1.47. The molecule has 22 heavy (non-hydrogen) atoms. The van der Waals surface area contributed by atoms with Crippen LogP contribution < -0.4 is 6.15 Å². The third kappa shape index (κ3) is 4.34. The van der Waals surface area contributed by atoms with Crippen LogP contribution in [0.4, 0.5) is 43.9 Å². The molecule has 0 aromatic rings. The van der Waals surface area contributed by atoms with E-state index in [1.807, 2.05) is 0 Å². The molecule has 0 aromatic carbocycles. The van der Waals surface area contributed by atoms with Gasteiger partial charge in [0.25, 0.3) is 0 Å². The second-order valence-corrected chi connectivity index (χ2v) is 5.21. The lowest BCUT2D eigenvalue weighted by molar-refractivity contribution is -0.302. The molecule has 15 heteroatoms. The second-order valence-electron chi connectivity index (χ2n) is 3.79. The summed E-state index contributed by atoms with van der Waals surface area (Å²) in [6, 6.07) is 0. The van der Waals surface area contributed by atoms with Crippen LogP contribution in [0.25, 0.3) is 0 Å². The number of quaternary nitrogens is 1. The van der Waals surface area contributed by atoms with Crippen molar-refractivity contribution in [2.45, 2.75) is 42.3 Å². The standard InChI is InChI=1S/C7H6F10O3S.H3N/c8-3(1-2-4(9,10)11)5(12,13)6(14,15)7(16,17)21(18,19)20;/h3H,1-2H2,(H,18,19,20);1H3. The van der Waals surface area contributed by atoms with Crippen molar-refractivity contribution in [2.75, 3.05) is 0 Å². The van der Waals surface area contributed by atoms with Crippen LogP contribution in [0.1, 0.15) is 12.8 Å². The van der Waals surface area contributed by atoms with Crippen molar-refractivity contribution in [1.29, 1.82) is 0 Å². The molecule has 0 heterocycles. The van der Waals surface area contributed by atoms with E-state index >= 15 is 0 Å². The molecule has 0 radical (unpaired) electrons. The smallest absolute Gasteiger partial charge is 0.402 e. The molecular weight excluding hydrogens is 368 g/mol. The number of hydrogen-bond acceptors (Lipinski definition) is 3. The minimum absolute atomic E-state index is 0. The number of halogens is 10. The zero-order chi connectivity index (χ0) is 17.5. The van der Waals surface area contributed by atoms with E-state index in [-0.39, 0.29) is 6.15 Å². The van der Waals surface area contributed by atoms with Gasteiger partial charge < -0.3 is 10.7 Å². The van der Waals surface area contributed by atoms with Gasteiger partial charge in [-0.25, -0.2) is 12.8 Å². The Morgan fingerprint density at radius 3 is 1.55 bits per heavy atom. The molecule has 0 amide bonds. The van der Waals surface area contributed by atoms with E-state index in [9.17, 15) is 56.9 Å². The first-order valence-corrected chi connectivity index (χ1v) is 6.08. The summed E-state index contributed by atoms with van der Waals surface area (Å²) in [6.45, 7) is 0. The Kier molecular flexibility index (Phi) is 6.76. The van der Waals surface area contributed by atoms with Crippen molar-refractivity contribution in [3.63, 3.8) is 0 Å². The summed E-state index contributed by atoms with van der Waals surface area (Å²) in [6.07, 6.45) is -14.4. The van der Waals surface area contributed by atoms with Crippen LogP contribution in [-0.2, 0) is 10.1 Å². The summed E-state index contributed by atoms with van der Waals surface area (Å²) in [5, 5.41) is -6.91. The molecule has 4 nitrogen and oxygen atoms in total. The lowest BCUT2D eigenvalue weighted by Crippen LogP contribution is -2.61. The Labute approximate surface area is 116 Å². The first-order valence-electron chi connectivity index (χ1n) is 4.67. The zero-order valence-electron chi connectivity index (χ0n) is 10.4. The monoisotopic (exact) mass is 377 g/mol. The quantitative estimate of drug-likeness (QED) is 0.568. The van der Waals surface area contributed by atoms with Crippen molar-refractivity contribution in [3.8, 4) is 0 Å². The van der Waals surface area contributed by atoms with Crippen molar-refractivity contribution >= 4 is 10.1 Å². The van der Waals surface area contributed by atoms with Gasteiger partial charge >= 0.3 is 23.3 Å². The van der Waals surface area contributed by atoms with Gasteiger partial charge in [-0.3, -0.25) is 0 Å².